The minimum absolute atomic E-state index is 0.393. The second-order valence-electron chi connectivity index (χ2n) is 9.61. The third-order valence-corrected chi connectivity index (χ3v) is 6.42. The van der Waals surface area contributed by atoms with Crippen LogP contribution in [-0.4, -0.2) is 36.1 Å². The first kappa shape index (κ1) is 18.2. The molecule has 3 fully saturated rings. The first-order chi connectivity index (χ1) is 11.4. The Balaban J connectivity index is 1.41. The van der Waals surface area contributed by atoms with Crippen LogP contribution >= 0.6 is 0 Å². The number of likely N-dealkylation sites (tertiary alicyclic amines) is 1. The number of rotatable bonds is 4. The second kappa shape index (κ2) is 7.76. The summed E-state index contributed by atoms with van der Waals surface area (Å²) in [5.41, 5.74) is 0.407. The predicted molar refractivity (Wildman–Crippen MR) is 97.8 cm³/mol. The van der Waals surface area contributed by atoms with E-state index in [0.717, 1.165) is 38.3 Å². The highest BCUT2D eigenvalue weighted by Gasteiger charge is 2.34. The molecule has 2 atom stereocenters. The zero-order chi connectivity index (χ0) is 17.2. The van der Waals surface area contributed by atoms with E-state index in [1.807, 2.05) is 0 Å². The molecule has 0 aromatic carbocycles. The Hall–Kier alpha value is -0.570. The van der Waals surface area contributed by atoms with E-state index in [-0.39, 0.29) is 0 Å². The number of ether oxygens (including phenoxy) is 1. The van der Waals surface area contributed by atoms with Crippen LogP contribution in [0.25, 0.3) is 0 Å². The number of amides is 1. The average Bonchev–Trinajstić information content (AvgIpc) is 2.98. The van der Waals surface area contributed by atoms with E-state index in [1.165, 1.54) is 44.9 Å². The SMILES string of the molecule is C[C@H]1C[C@H](CC(=O)N2CCC(OC3CCCC3)CC2)CC(C)(C)C1. The topological polar surface area (TPSA) is 29.5 Å². The van der Waals surface area contributed by atoms with E-state index >= 15 is 0 Å². The molecule has 0 aromatic rings. The lowest BCUT2D eigenvalue weighted by atomic mass is 9.67. The maximum absolute atomic E-state index is 12.7. The Morgan fingerprint density at radius 3 is 2.29 bits per heavy atom. The van der Waals surface area contributed by atoms with Crippen molar-refractivity contribution in [3.8, 4) is 0 Å². The number of carbonyl (C=O) groups is 1. The Labute approximate surface area is 148 Å². The van der Waals surface area contributed by atoms with E-state index in [4.69, 9.17) is 4.74 Å². The molecule has 3 heteroatoms. The van der Waals surface area contributed by atoms with Crippen molar-refractivity contribution in [3.05, 3.63) is 0 Å². The first-order valence-electron chi connectivity index (χ1n) is 10.3. The molecule has 3 nitrogen and oxygen atoms in total. The molecule has 0 aromatic heterocycles. The third kappa shape index (κ3) is 4.97. The maximum atomic E-state index is 12.7. The van der Waals surface area contributed by atoms with Crippen LogP contribution in [0.4, 0.5) is 0 Å². The normalized spacial score (nSPS) is 32.2. The van der Waals surface area contributed by atoms with Gasteiger partial charge in [-0.2, -0.15) is 0 Å². The molecule has 1 heterocycles. The maximum Gasteiger partial charge on any atom is 0.222 e. The molecule has 0 unspecified atom stereocenters. The van der Waals surface area contributed by atoms with Crippen LogP contribution in [0, 0.1) is 17.3 Å². The molecule has 0 radical (unpaired) electrons. The van der Waals surface area contributed by atoms with Gasteiger partial charge in [0.05, 0.1) is 12.2 Å². The molecule has 1 aliphatic heterocycles. The smallest absolute Gasteiger partial charge is 0.222 e. The number of carbonyl (C=O) groups excluding carboxylic acids is 1. The van der Waals surface area contributed by atoms with Crippen molar-refractivity contribution in [3.63, 3.8) is 0 Å². The number of piperidine rings is 1. The van der Waals surface area contributed by atoms with Crippen LogP contribution in [0.3, 0.4) is 0 Å². The van der Waals surface area contributed by atoms with Gasteiger partial charge in [0.2, 0.25) is 5.91 Å². The predicted octanol–water partition coefficient (Wildman–Crippen LogP) is 4.79. The lowest BCUT2D eigenvalue weighted by Crippen LogP contribution is -2.42. The zero-order valence-corrected chi connectivity index (χ0v) is 16.1. The summed E-state index contributed by atoms with van der Waals surface area (Å²) in [5, 5.41) is 0. The summed E-state index contributed by atoms with van der Waals surface area (Å²) in [4.78, 5) is 14.8. The highest BCUT2D eigenvalue weighted by Crippen LogP contribution is 2.43. The Bertz CT molecular complexity index is 420. The van der Waals surface area contributed by atoms with Gasteiger partial charge in [0, 0.05) is 19.5 Å². The first-order valence-corrected chi connectivity index (χ1v) is 10.3. The van der Waals surface area contributed by atoms with E-state index in [0.29, 0.717) is 29.4 Å². The lowest BCUT2D eigenvalue weighted by Gasteiger charge is -2.40. The van der Waals surface area contributed by atoms with Gasteiger partial charge in [0.25, 0.3) is 0 Å². The molecule has 1 saturated heterocycles. The molecule has 2 aliphatic carbocycles. The fraction of sp³-hybridized carbons (Fsp3) is 0.952. The van der Waals surface area contributed by atoms with Crippen molar-refractivity contribution in [2.75, 3.05) is 13.1 Å². The Kier molecular flexibility index (Phi) is 5.89. The quantitative estimate of drug-likeness (QED) is 0.739. The fourth-order valence-electron chi connectivity index (χ4n) is 5.61. The van der Waals surface area contributed by atoms with E-state index in [2.05, 4.69) is 25.7 Å². The van der Waals surface area contributed by atoms with Gasteiger partial charge in [-0.3, -0.25) is 4.79 Å². The van der Waals surface area contributed by atoms with Crippen molar-refractivity contribution >= 4 is 5.91 Å². The molecule has 2 saturated carbocycles. The zero-order valence-electron chi connectivity index (χ0n) is 16.1. The van der Waals surface area contributed by atoms with Gasteiger partial charge in [-0.05, 0) is 62.2 Å². The highest BCUT2D eigenvalue weighted by molar-refractivity contribution is 5.76. The summed E-state index contributed by atoms with van der Waals surface area (Å²) in [5.74, 6) is 1.74. The minimum Gasteiger partial charge on any atom is -0.375 e. The summed E-state index contributed by atoms with van der Waals surface area (Å²) in [6.45, 7) is 8.89. The summed E-state index contributed by atoms with van der Waals surface area (Å²) in [7, 11) is 0. The number of hydrogen-bond donors (Lipinski definition) is 0. The fourth-order valence-corrected chi connectivity index (χ4v) is 5.61. The lowest BCUT2D eigenvalue weighted by molar-refractivity contribution is -0.136. The van der Waals surface area contributed by atoms with Gasteiger partial charge in [-0.25, -0.2) is 0 Å². The molecular weight excluding hydrogens is 298 g/mol. The monoisotopic (exact) mass is 335 g/mol. The van der Waals surface area contributed by atoms with Gasteiger partial charge < -0.3 is 9.64 Å². The van der Waals surface area contributed by atoms with E-state index in [9.17, 15) is 4.79 Å². The highest BCUT2D eigenvalue weighted by atomic mass is 16.5. The van der Waals surface area contributed by atoms with Gasteiger partial charge in [0.15, 0.2) is 0 Å². The molecule has 3 rings (SSSR count). The molecule has 0 bridgehead atoms. The van der Waals surface area contributed by atoms with Gasteiger partial charge >= 0.3 is 0 Å². The Morgan fingerprint density at radius 1 is 1.04 bits per heavy atom. The van der Waals surface area contributed by atoms with Crippen LogP contribution in [0.1, 0.15) is 85.0 Å². The third-order valence-electron chi connectivity index (χ3n) is 6.42. The largest absolute Gasteiger partial charge is 0.375 e. The van der Waals surface area contributed by atoms with Crippen LogP contribution in [0.2, 0.25) is 0 Å². The van der Waals surface area contributed by atoms with Crippen molar-refractivity contribution in [1.29, 1.82) is 0 Å². The average molecular weight is 336 g/mol. The van der Waals surface area contributed by atoms with Crippen molar-refractivity contribution < 1.29 is 9.53 Å². The molecule has 24 heavy (non-hydrogen) atoms. The molecule has 0 N–H and O–H groups in total. The second-order valence-corrected chi connectivity index (χ2v) is 9.61. The molecule has 0 spiro atoms. The van der Waals surface area contributed by atoms with Crippen molar-refractivity contribution in [2.45, 2.75) is 97.2 Å². The van der Waals surface area contributed by atoms with Crippen molar-refractivity contribution in [2.24, 2.45) is 17.3 Å². The Morgan fingerprint density at radius 2 is 1.67 bits per heavy atom. The standard InChI is InChI=1S/C21H37NO2/c1-16-12-17(15-21(2,3)14-16)13-20(23)22-10-8-19(9-11-22)24-18-6-4-5-7-18/h16-19H,4-15H2,1-3H3/t16-,17+/m0/s1. The van der Waals surface area contributed by atoms with E-state index in [1.54, 1.807) is 0 Å². The van der Waals surface area contributed by atoms with Crippen LogP contribution < -0.4 is 0 Å². The molecular formula is C21H37NO2. The summed E-state index contributed by atoms with van der Waals surface area (Å²) < 4.78 is 6.23. The minimum atomic E-state index is 0.393. The summed E-state index contributed by atoms with van der Waals surface area (Å²) in [6.07, 6.45) is 12.6. The number of nitrogens with zero attached hydrogens (tertiary/aromatic N) is 1. The summed E-state index contributed by atoms with van der Waals surface area (Å²) in [6, 6.07) is 0. The van der Waals surface area contributed by atoms with Crippen molar-refractivity contribution in [1.82, 2.24) is 4.90 Å². The van der Waals surface area contributed by atoms with Crippen LogP contribution in [0.5, 0.6) is 0 Å². The van der Waals surface area contributed by atoms with Gasteiger partial charge in [0.1, 0.15) is 0 Å². The molecule has 1 amide bonds. The van der Waals surface area contributed by atoms with Crippen LogP contribution in [-0.2, 0) is 9.53 Å². The van der Waals surface area contributed by atoms with Crippen LogP contribution in [0.15, 0.2) is 0 Å². The molecule has 3 aliphatic rings. The van der Waals surface area contributed by atoms with Gasteiger partial charge in [-0.1, -0.05) is 33.6 Å². The van der Waals surface area contributed by atoms with E-state index < -0.39 is 0 Å². The van der Waals surface area contributed by atoms with Gasteiger partial charge in [-0.15, -0.1) is 0 Å². The summed E-state index contributed by atoms with van der Waals surface area (Å²) >= 11 is 0. The number of hydrogen-bond acceptors (Lipinski definition) is 2. The molecule has 138 valence electrons.